The number of hydrogen-bond acceptors (Lipinski definition) is 4. The van der Waals surface area contributed by atoms with Gasteiger partial charge >= 0.3 is 5.97 Å². The average molecular weight is 264 g/mol. The van der Waals surface area contributed by atoms with Gasteiger partial charge in [0.1, 0.15) is 5.82 Å². The zero-order valence-corrected chi connectivity index (χ0v) is 11.2. The Kier molecular flexibility index (Phi) is 4.37. The van der Waals surface area contributed by atoms with E-state index in [1.165, 1.54) is 6.42 Å². The van der Waals surface area contributed by atoms with E-state index in [1.54, 1.807) is 19.1 Å². The molecule has 0 saturated heterocycles. The first-order chi connectivity index (χ1) is 9.13. The normalized spacial score (nSPS) is 15.1. The molecule has 1 aliphatic rings. The highest BCUT2D eigenvalue weighted by atomic mass is 16.4. The Morgan fingerprint density at radius 3 is 2.68 bits per heavy atom. The monoisotopic (exact) mass is 264 g/mol. The SMILES string of the molecule is Cc1nc(N(CCCO)C2CCC2)ccc1C(=O)O. The summed E-state index contributed by atoms with van der Waals surface area (Å²) in [4.78, 5) is 17.6. The zero-order chi connectivity index (χ0) is 13.8. The maximum Gasteiger partial charge on any atom is 0.337 e. The minimum Gasteiger partial charge on any atom is -0.478 e. The Labute approximate surface area is 112 Å². The number of aryl methyl sites for hydroxylation is 1. The van der Waals surface area contributed by atoms with Crippen molar-refractivity contribution in [3.8, 4) is 0 Å². The molecule has 19 heavy (non-hydrogen) atoms. The van der Waals surface area contributed by atoms with Crippen LogP contribution in [-0.2, 0) is 0 Å². The molecule has 2 N–H and O–H groups in total. The molecule has 0 aromatic carbocycles. The fourth-order valence-corrected chi connectivity index (χ4v) is 2.36. The van der Waals surface area contributed by atoms with Crippen LogP contribution in [0.3, 0.4) is 0 Å². The van der Waals surface area contributed by atoms with E-state index in [-0.39, 0.29) is 12.2 Å². The minimum atomic E-state index is -0.942. The summed E-state index contributed by atoms with van der Waals surface area (Å²) in [5.41, 5.74) is 0.790. The summed E-state index contributed by atoms with van der Waals surface area (Å²) in [5, 5.41) is 18.0. The van der Waals surface area contributed by atoms with Crippen molar-refractivity contribution >= 4 is 11.8 Å². The van der Waals surface area contributed by atoms with Crippen LogP contribution >= 0.6 is 0 Å². The quantitative estimate of drug-likeness (QED) is 0.820. The van der Waals surface area contributed by atoms with Crippen molar-refractivity contribution in [2.75, 3.05) is 18.1 Å². The van der Waals surface area contributed by atoms with E-state index in [1.807, 2.05) is 0 Å². The predicted octanol–water partition coefficient (Wildman–Crippen LogP) is 1.83. The summed E-state index contributed by atoms with van der Waals surface area (Å²) in [6, 6.07) is 3.87. The number of pyridine rings is 1. The van der Waals surface area contributed by atoms with Crippen LogP contribution in [0, 0.1) is 6.92 Å². The van der Waals surface area contributed by atoms with Crippen molar-refractivity contribution in [3.63, 3.8) is 0 Å². The van der Waals surface area contributed by atoms with Gasteiger partial charge in [-0.15, -0.1) is 0 Å². The Bertz CT molecular complexity index is 458. The van der Waals surface area contributed by atoms with Gasteiger partial charge in [0.2, 0.25) is 0 Å². The van der Waals surface area contributed by atoms with E-state index in [4.69, 9.17) is 10.2 Å². The van der Waals surface area contributed by atoms with Crippen LogP contribution in [-0.4, -0.2) is 40.4 Å². The Morgan fingerprint density at radius 1 is 1.47 bits per heavy atom. The number of rotatable bonds is 6. The highest BCUT2D eigenvalue weighted by molar-refractivity contribution is 5.89. The van der Waals surface area contributed by atoms with Gasteiger partial charge < -0.3 is 15.1 Å². The lowest BCUT2D eigenvalue weighted by Crippen LogP contribution is -2.41. The van der Waals surface area contributed by atoms with E-state index in [2.05, 4.69) is 9.88 Å². The molecule has 1 aliphatic carbocycles. The molecule has 1 fully saturated rings. The molecule has 0 amide bonds. The highest BCUT2D eigenvalue weighted by Crippen LogP contribution is 2.29. The molecule has 0 aliphatic heterocycles. The number of carboxylic acid groups (broad SMARTS) is 1. The number of aliphatic hydroxyl groups is 1. The molecule has 0 bridgehead atoms. The molecular weight excluding hydrogens is 244 g/mol. The van der Waals surface area contributed by atoms with E-state index >= 15 is 0 Å². The molecule has 0 spiro atoms. The molecule has 1 aromatic rings. The van der Waals surface area contributed by atoms with Gasteiger partial charge in [-0.25, -0.2) is 9.78 Å². The fourth-order valence-electron chi connectivity index (χ4n) is 2.36. The zero-order valence-electron chi connectivity index (χ0n) is 11.2. The summed E-state index contributed by atoms with van der Waals surface area (Å²) in [5.74, 6) is -0.122. The summed E-state index contributed by atoms with van der Waals surface area (Å²) < 4.78 is 0. The summed E-state index contributed by atoms with van der Waals surface area (Å²) >= 11 is 0. The number of aromatic nitrogens is 1. The Hall–Kier alpha value is -1.62. The van der Waals surface area contributed by atoms with Gasteiger partial charge in [-0.3, -0.25) is 0 Å². The van der Waals surface area contributed by atoms with Gasteiger partial charge in [0, 0.05) is 19.2 Å². The van der Waals surface area contributed by atoms with Crippen LogP contribution in [0.15, 0.2) is 12.1 Å². The van der Waals surface area contributed by atoms with Crippen molar-refractivity contribution in [3.05, 3.63) is 23.4 Å². The third-order valence-electron chi connectivity index (χ3n) is 3.67. The van der Waals surface area contributed by atoms with E-state index in [0.717, 1.165) is 25.2 Å². The lowest BCUT2D eigenvalue weighted by atomic mass is 9.91. The molecule has 1 aromatic heterocycles. The van der Waals surface area contributed by atoms with Gasteiger partial charge in [-0.05, 0) is 44.7 Å². The molecule has 0 atom stereocenters. The van der Waals surface area contributed by atoms with E-state index < -0.39 is 5.97 Å². The summed E-state index contributed by atoms with van der Waals surface area (Å²) in [6.45, 7) is 2.65. The molecule has 5 heteroatoms. The van der Waals surface area contributed by atoms with Crippen LogP contribution in [0.25, 0.3) is 0 Å². The maximum atomic E-state index is 11.0. The van der Waals surface area contributed by atoms with Gasteiger partial charge in [-0.1, -0.05) is 0 Å². The van der Waals surface area contributed by atoms with Crippen molar-refractivity contribution < 1.29 is 15.0 Å². The van der Waals surface area contributed by atoms with E-state index in [0.29, 0.717) is 18.2 Å². The molecule has 1 saturated carbocycles. The number of anilines is 1. The molecule has 1 heterocycles. The number of carbonyl (C=O) groups is 1. The largest absolute Gasteiger partial charge is 0.478 e. The van der Waals surface area contributed by atoms with Crippen LogP contribution in [0.2, 0.25) is 0 Å². The number of aromatic carboxylic acids is 1. The number of hydrogen-bond donors (Lipinski definition) is 2. The highest BCUT2D eigenvalue weighted by Gasteiger charge is 2.26. The summed E-state index contributed by atoms with van der Waals surface area (Å²) in [6.07, 6.45) is 4.23. The molecule has 0 radical (unpaired) electrons. The lowest BCUT2D eigenvalue weighted by Gasteiger charge is -2.38. The second-order valence-corrected chi connectivity index (χ2v) is 4.96. The minimum absolute atomic E-state index is 0.162. The van der Waals surface area contributed by atoms with Gasteiger partial charge in [0.15, 0.2) is 0 Å². The lowest BCUT2D eigenvalue weighted by molar-refractivity contribution is 0.0695. The van der Waals surface area contributed by atoms with E-state index in [9.17, 15) is 4.79 Å². The topological polar surface area (TPSA) is 73.7 Å². The smallest absolute Gasteiger partial charge is 0.337 e. The molecule has 0 unspecified atom stereocenters. The molecule has 5 nitrogen and oxygen atoms in total. The second-order valence-electron chi connectivity index (χ2n) is 4.96. The maximum absolute atomic E-state index is 11.0. The number of nitrogens with zero attached hydrogens (tertiary/aromatic N) is 2. The van der Waals surface area contributed by atoms with Crippen LogP contribution < -0.4 is 4.90 Å². The standard InChI is InChI=1S/C14H20N2O3/c1-10-12(14(18)19)6-7-13(15-10)16(8-3-9-17)11-4-2-5-11/h6-7,11,17H,2-5,8-9H2,1H3,(H,18,19). The van der Waals surface area contributed by atoms with Gasteiger partial charge in [0.05, 0.1) is 11.3 Å². The van der Waals surface area contributed by atoms with Crippen LogP contribution in [0.5, 0.6) is 0 Å². The van der Waals surface area contributed by atoms with Gasteiger partial charge in [0.25, 0.3) is 0 Å². The first-order valence-electron chi connectivity index (χ1n) is 6.72. The fraction of sp³-hybridized carbons (Fsp3) is 0.571. The van der Waals surface area contributed by atoms with Crippen LogP contribution in [0.1, 0.15) is 41.7 Å². The Balaban J connectivity index is 2.20. The molecular formula is C14H20N2O3. The van der Waals surface area contributed by atoms with Crippen molar-refractivity contribution in [2.24, 2.45) is 0 Å². The van der Waals surface area contributed by atoms with Crippen LogP contribution in [0.4, 0.5) is 5.82 Å². The first-order valence-corrected chi connectivity index (χ1v) is 6.72. The summed E-state index contributed by atoms with van der Waals surface area (Å²) in [7, 11) is 0. The average Bonchev–Trinajstić information content (AvgIpc) is 2.31. The van der Waals surface area contributed by atoms with Crippen molar-refractivity contribution in [1.82, 2.24) is 4.98 Å². The van der Waals surface area contributed by atoms with Crippen molar-refractivity contribution in [2.45, 2.75) is 38.6 Å². The predicted molar refractivity (Wildman–Crippen MR) is 72.6 cm³/mol. The third-order valence-corrected chi connectivity index (χ3v) is 3.67. The third kappa shape index (κ3) is 3.04. The molecule has 104 valence electrons. The second kappa shape index (κ2) is 6.02. The number of carboxylic acids is 1. The molecule has 2 rings (SSSR count). The number of aliphatic hydroxyl groups excluding tert-OH is 1. The Morgan fingerprint density at radius 2 is 2.21 bits per heavy atom. The van der Waals surface area contributed by atoms with Gasteiger partial charge in [-0.2, -0.15) is 0 Å². The first kappa shape index (κ1) is 13.8. The van der Waals surface area contributed by atoms with Crippen molar-refractivity contribution in [1.29, 1.82) is 0 Å².